The molecule has 0 aromatic heterocycles. The van der Waals surface area contributed by atoms with Gasteiger partial charge in [-0.25, -0.2) is 4.79 Å². The van der Waals surface area contributed by atoms with E-state index in [0.29, 0.717) is 22.9 Å². The molecule has 0 fully saturated rings. The summed E-state index contributed by atoms with van der Waals surface area (Å²) in [6, 6.07) is 12.4. The van der Waals surface area contributed by atoms with Crippen LogP contribution in [0.3, 0.4) is 0 Å². The maximum Gasteiger partial charge on any atom is 0.337 e. The van der Waals surface area contributed by atoms with Crippen molar-refractivity contribution in [1.29, 1.82) is 0 Å². The highest BCUT2D eigenvalue weighted by Gasteiger charge is 2.06. The zero-order valence-electron chi connectivity index (χ0n) is 10.7. The van der Waals surface area contributed by atoms with E-state index in [0.717, 1.165) is 10.0 Å². The van der Waals surface area contributed by atoms with E-state index in [1.165, 1.54) is 7.11 Å². The van der Waals surface area contributed by atoms with Gasteiger partial charge in [-0.15, -0.1) is 0 Å². The van der Waals surface area contributed by atoms with Crippen LogP contribution in [0.2, 0.25) is 5.02 Å². The van der Waals surface area contributed by atoms with Crippen LogP contribution in [0.5, 0.6) is 5.75 Å². The van der Waals surface area contributed by atoms with Crippen LogP contribution in [0.25, 0.3) is 0 Å². The van der Waals surface area contributed by atoms with Crippen molar-refractivity contribution in [3.63, 3.8) is 0 Å². The van der Waals surface area contributed by atoms with Crippen molar-refractivity contribution in [2.45, 2.75) is 6.61 Å². The van der Waals surface area contributed by atoms with Crippen molar-refractivity contribution in [2.24, 2.45) is 0 Å². The molecule has 20 heavy (non-hydrogen) atoms. The molecule has 5 heteroatoms. The molecule has 2 rings (SSSR count). The van der Waals surface area contributed by atoms with Gasteiger partial charge in [0.25, 0.3) is 0 Å². The minimum Gasteiger partial charge on any atom is -0.489 e. The van der Waals surface area contributed by atoms with Crippen LogP contribution in [-0.4, -0.2) is 13.1 Å². The highest BCUT2D eigenvalue weighted by atomic mass is 79.9. The minimum absolute atomic E-state index is 0.365. The first-order valence-electron chi connectivity index (χ1n) is 5.85. The third-order valence-corrected chi connectivity index (χ3v) is 3.53. The highest BCUT2D eigenvalue weighted by molar-refractivity contribution is 9.10. The molecule has 0 radical (unpaired) electrons. The molecule has 0 bridgehead atoms. The molecular formula is C15H12BrClO3. The van der Waals surface area contributed by atoms with E-state index in [2.05, 4.69) is 20.7 Å². The van der Waals surface area contributed by atoms with Gasteiger partial charge >= 0.3 is 5.97 Å². The van der Waals surface area contributed by atoms with Gasteiger partial charge < -0.3 is 9.47 Å². The van der Waals surface area contributed by atoms with E-state index in [1.54, 1.807) is 24.3 Å². The highest BCUT2D eigenvalue weighted by Crippen LogP contribution is 2.23. The summed E-state index contributed by atoms with van der Waals surface area (Å²) in [5.74, 6) is 0.296. The van der Waals surface area contributed by atoms with E-state index >= 15 is 0 Å². The lowest BCUT2D eigenvalue weighted by Crippen LogP contribution is -2.01. The van der Waals surface area contributed by atoms with E-state index < -0.39 is 0 Å². The Labute approximate surface area is 130 Å². The monoisotopic (exact) mass is 354 g/mol. The zero-order chi connectivity index (χ0) is 14.5. The summed E-state index contributed by atoms with van der Waals surface area (Å²) in [5.41, 5.74) is 1.38. The van der Waals surface area contributed by atoms with Crippen molar-refractivity contribution in [1.82, 2.24) is 0 Å². The molecule has 0 saturated carbocycles. The number of carbonyl (C=O) groups excluding carboxylic acids is 1. The predicted molar refractivity (Wildman–Crippen MR) is 81.3 cm³/mol. The molecule has 0 aliphatic heterocycles. The Hall–Kier alpha value is -1.52. The normalized spacial score (nSPS) is 10.2. The first kappa shape index (κ1) is 14.9. The Morgan fingerprint density at radius 1 is 1.20 bits per heavy atom. The fourth-order valence-corrected chi connectivity index (χ4v) is 2.33. The lowest BCUT2D eigenvalue weighted by atomic mass is 10.2. The van der Waals surface area contributed by atoms with Crippen molar-refractivity contribution >= 4 is 33.5 Å². The van der Waals surface area contributed by atoms with Crippen LogP contribution in [0.1, 0.15) is 15.9 Å². The Kier molecular flexibility index (Phi) is 5.04. The zero-order valence-corrected chi connectivity index (χ0v) is 13.1. The molecule has 0 spiro atoms. The van der Waals surface area contributed by atoms with Gasteiger partial charge in [0.2, 0.25) is 0 Å². The number of hydrogen-bond acceptors (Lipinski definition) is 3. The van der Waals surface area contributed by atoms with Gasteiger partial charge in [-0.1, -0.05) is 33.6 Å². The number of halogens is 2. The Bertz CT molecular complexity index is 611. The van der Waals surface area contributed by atoms with Crippen molar-refractivity contribution < 1.29 is 14.3 Å². The summed E-state index contributed by atoms with van der Waals surface area (Å²) in [6.45, 7) is 0.365. The molecule has 0 saturated heterocycles. The standard InChI is InChI=1S/C15H12BrClO3/c1-19-15(18)10-3-6-13(7-4-10)20-9-11-2-5-12(16)8-14(11)17/h2-8H,9H2,1H3. The third kappa shape index (κ3) is 3.74. The summed E-state index contributed by atoms with van der Waals surface area (Å²) in [4.78, 5) is 11.3. The molecule has 0 amide bonds. The average Bonchev–Trinajstić information content (AvgIpc) is 2.46. The van der Waals surface area contributed by atoms with Gasteiger partial charge in [-0.2, -0.15) is 0 Å². The summed E-state index contributed by atoms with van der Waals surface area (Å²) in [7, 11) is 1.35. The fourth-order valence-electron chi connectivity index (χ4n) is 1.60. The summed E-state index contributed by atoms with van der Waals surface area (Å²) >= 11 is 9.46. The van der Waals surface area contributed by atoms with Crippen LogP contribution in [-0.2, 0) is 11.3 Å². The summed E-state index contributed by atoms with van der Waals surface area (Å²) in [5, 5.41) is 0.644. The number of benzene rings is 2. The van der Waals surface area contributed by atoms with E-state index in [1.807, 2.05) is 18.2 Å². The molecule has 0 aliphatic carbocycles. The first-order chi connectivity index (χ1) is 9.60. The van der Waals surface area contributed by atoms with Crippen LogP contribution in [0, 0.1) is 0 Å². The maximum atomic E-state index is 11.3. The molecule has 0 atom stereocenters. The lowest BCUT2D eigenvalue weighted by molar-refractivity contribution is 0.0600. The largest absolute Gasteiger partial charge is 0.489 e. The SMILES string of the molecule is COC(=O)c1ccc(OCc2ccc(Br)cc2Cl)cc1. The molecule has 0 heterocycles. The van der Waals surface area contributed by atoms with Crippen LogP contribution in [0.4, 0.5) is 0 Å². The van der Waals surface area contributed by atoms with Gasteiger partial charge in [0.1, 0.15) is 12.4 Å². The van der Waals surface area contributed by atoms with Crippen LogP contribution < -0.4 is 4.74 Å². The molecule has 0 N–H and O–H groups in total. The molecule has 0 unspecified atom stereocenters. The second-order valence-corrected chi connectivity index (χ2v) is 5.36. The van der Waals surface area contributed by atoms with Crippen molar-refractivity contribution in [2.75, 3.05) is 7.11 Å². The lowest BCUT2D eigenvalue weighted by Gasteiger charge is -2.08. The number of carbonyl (C=O) groups is 1. The summed E-state index contributed by atoms with van der Waals surface area (Å²) < 4.78 is 11.2. The summed E-state index contributed by atoms with van der Waals surface area (Å²) in [6.07, 6.45) is 0. The van der Waals surface area contributed by atoms with Crippen molar-refractivity contribution in [3.05, 3.63) is 63.1 Å². The van der Waals surface area contributed by atoms with Crippen molar-refractivity contribution in [3.8, 4) is 5.75 Å². The second kappa shape index (κ2) is 6.77. The number of hydrogen-bond donors (Lipinski definition) is 0. The molecule has 0 aliphatic rings. The Morgan fingerprint density at radius 3 is 2.50 bits per heavy atom. The predicted octanol–water partition coefficient (Wildman–Crippen LogP) is 4.47. The fraction of sp³-hybridized carbons (Fsp3) is 0.133. The maximum absolute atomic E-state index is 11.3. The second-order valence-electron chi connectivity index (χ2n) is 4.04. The average molecular weight is 356 g/mol. The number of methoxy groups -OCH3 is 1. The van der Waals surface area contributed by atoms with E-state index in [9.17, 15) is 4.79 Å². The smallest absolute Gasteiger partial charge is 0.337 e. The topological polar surface area (TPSA) is 35.5 Å². The molecule has 3 nitrogen and oxygen atoms in total. The number of esters is 1. The van der Waals surface area contributed by atoms with Gasteiger partial charge in [0.15, 0.2) is 0 Å². The Balaban J connectivity index is 2.02. The van der Waals surface area contributed by atoms with E-state index in [4.69, 9.17) is 16.3 Å². The molecule has 104 valence electrons. The molecule has 2 aromatic carbocycles. The first-order valence-corrected chi connectivity index (χ1v) is 7.02. The van der Waals surface area contributed by atoms with Gasteiger partial charge in [-0.05, 0) is 36.4 Å². The molecule has 2 aromatic rings. The quantitative estimate of drug-likeness (QED) is 0.759. The minimum atomic E-state index is -0.368. The number of rotatable bonds is 4. The Morgan fingerprint density at radius 2 is 1.90 bits per heavy atom. The third-order valence-electron chi connectivity index (χ3n) is 2.68. The van der Waals surface area contributed by atoms with Gasteiger partial charge in [0.05, 0.1) is 12.7 Å². The number of ether oxygens (including phenoxy) is 2. The van der Waals surface area contributed by atoms with E-state index in [-0.39, 0.29) is 5.97 Å². The van der Waals surface area contributed by atoms with Crippen LogP contribution in [0.15, 0.2) is 46.9 Å². The van der Waals surface area contributed by atoms with Gasteiger partial charge in [0, 0.05) is 15.1 Å². The van der Waals surface area contributed by atoms with Crippen LogP contribution >= 0.6 is 27.5 Å². The van der Waals surface area contributed by atoms with Gasteiger partial charge in [-0.3, -0.25) is 0 Å². The molecular weight excluding hydrogens is 344 g/mol.